The van der Waals surface area contributed by atoms with E-state index in [4.69, 9.17) is 5.26 Å². The summed E-state index contributed by atoms with van der Waals surface area (Å²) in [5.41, 5.74) is 2.11. The number of carbonyl (C=O) groups excluding carboxylic acids is 1. The molecule has 0 aliphatic heterocycles. The standard InChI is InChI=1S/C13H12N4O2/c1-3-12-11(8-14)15-16-17(12)10-6-4-5-9(7-10)13(18)19-2/h4-7H,3H2,1-2H3. The molecule has 2 rings (SSSR count). The summed E-state index contributed by atoms with van der Waals surface area (Å²) in [4.78, 5) is 11.5. The van der Waals surface area contributed by atoms with Gasteiger partial charge in [-0.15, -0.1) is 5.10 Å². The van der Waals surface area contributed by atoms with Crippen molar-refractivity contribution in [2.75, 3.05) is 7.11 Å². The van der Waals surface area contributed by atoms with Gasteiger partial charge in [0.15, 0.2) is 5.69 Å². The first-order valence-corrected chi connectivity index (χ1v) is 5.74. The summed E-state index contributed by atoms with van der Waals surface area (Å²) in [6.45, 7) is 1.92. The third kappa shape index (κ3) is 2.31. The molecule has 0 saturated carbocycles. The van der Waals surface area contributed by atoms with Crippen LogP contribution in [0.4, 0.5) is 0 Å². The van der Waals surface area contributed by atoms with Crippen molar-refractivity contribution in [1.82, 2.24) is 15.0 Å². The van der Waals surface area contributed by atoms with Gasteiger partial charge in [0.1, 0.15) is 6.07 Å². The topological polar surface area (TPSA) is 80.8 Å². The summed E-state index contributed by atoms with van der Waals surface area (Å²) in [6.07, 6.45) is 0.623. The Morgan fingerprint density at radius 1 is 1.53 bits per heavy atom. The number of hydrogen-bond acceptors (Lipinski definition) is 5. The number of hydrogen-bond donors (Lipinski definition) is 0. The molecule has 0 N–H and O–H groups in total. The first-order valence-electron chi connectivity index (χ1n) is 5.74. The van der Waals surface area contributed by atoms with Gasteiger partial charge in [-0.05, 0) is 24.6 Å². The van der Waals surface area contributed by atoms with Gasteiger partial charge in [-0.1, -0.05) is 18.2 Å². The normalized spacial score (nSPS) is 9.95. The highest BCUT2D eigenvalue weighted by molar-refractivity contribution is 5.89. The Kier molecular flexibility index (Phi) is 3.57. The number of carbonyl (C=O) groups is 1. The summed E-state index contributed by atoms with van der Waals surface area (Å²) in [6, 6.07) is 8.83. The van der Waals surface area contributed by atoms with Crippen LogP contribution in [-0.4, -0.2) is 28.1 Å². The van der Waals surface area contributed by atoms with E-state index in [9.17, 15) is 4.79 Å². The molecule has 0 fully saturated rings. The lowest BCUT2D eigenvalue weighted by atomic mass is 10.2. The van der Waals surface area contributed by atoms with E-state index in [2.05, 4.69) is 15.0 Å². The largest absolute Gasteiger partial charge is 0.465 e. The molecule has 1 aromatic heterocycles. The molecule has 0 bridgehead atoms. The zero-order valence-corrected chi connectivity index (χ0v) is 10.6. The maximum Gasteiger partial charge on any atom is 0.337 e. The number of methoxy groups -OCH3 is 1. The fraction of sp³-hybridized carbons (Fsp3) is 0.231. The van der Waals surface area contributed by atoms with Crippen molar-refractivity contribution in [2.45, 2.75) is 13.3 Å². The minimum Gasteiger partial charge on any atom is -0.465 e. The first-order chi connectivity index (χ1) is 9.21. The van der Waals surface area contributed by atoms with Gasteiger partial charge >= 0.3 is 5.97 Å². The third-order valence-corrected chi connectivity index (χ3v) is 2.72. The number of ether oxygens (including phenoxy) is 1. The van der Waals surface area contributed by atoms with Crippen LogP contribution in [-0.2, 0) is 11.2 Å². The van der Waals surface area contributed by atoms with Gasteiger partial charge in [-0.25, -0.2) is 9.48 Å². The van der Waals surface area contributed by atoms with Gasteiger partial charge in [0.05, 0.1) is 24.1 Å². The Bertz CT molecular complexity index is 655. The maximum absolute atomic E-state index is 11.5. The quantitative estimate of drug-likeness (QED) is 0.777. The van der Waals surface area contributed by atoms with Crippen LogP contribution in [0.2, 0.25) is 0 Å². The van der Waals surface area contributed by atoms with Crippen LogP contribution >= 0.6 is 0 Å². The van der Waals surface area contributed by atoms with Crippen molar-refractivity contribution in [2.24, 2.45) is 0 Å². The fourth-order valence-corrected chi connectivity index (χ4v) is 1.80. The van der Waals surface area contributed by atoms with Crippen LogP contribution in [0.3, 0.4) is 0 Å². The highest BCUT2D eigenvalue weighted by atomic mass is 16.5. The van der Waals surface area contributed by atoms with Crippen molar-refractivity contribution in [3.05, 3.63) is 41.2 Å². The van der Waals surface area contributed by atoms with Crippen LogP contribution in [0.15, 0.2) is 24.3 Å². The van der Waals surface area contributed by atoms with Gasteiger partial charge in [0.25, 0.3) is 0 Å². The fourth-order valence-electron chi connectivity index (χ4n) is 1.80. The Morgan fingerprint density at radius 2 is 2.32 bits per heavy atom. The van der Waals surface area contributed by atoms with E-state index in [0.29, 0.717) is 29.1 Å². The molecule has 6 nitrogen and oxygen atoms in total. The van der Waals surface area contributed by atoms with E-state index in [1.54, 1.807) is 28.9 Å². The number of aromatic nitrogens is 3. The van der Waals surface area contributed by atoms with Gasteiger partial charge in [-0.3, -0.25) is 0 Å². The van der Waals surface area contributed by atoms with Crippen molar-refractivity contribution >= 4 is 5.97 Å². The summed E-state index contributed by atoms with van der Waals surface area (Å²) in [7, 11) is 1.33. The van der Waals surface area contributed by atoms with Gasteiger partial charge < -0.3 is 4.74 Å². The number of esters is 1. The number of rotatable bonds is 3. The van der Waals surface area contributed by atoms with E-state index >= 15 is 0 Å². The van der Waals surface area contributed by atoms with Crippen molar-refractivity contribution < 1.29 is 9.53 Å². The van der Waals surface area contributed by atoms with Gasteiger partial charge in [0.2, 0.25) is 0 Å². The third-order valence-electron chi connectivity index (χ3n) is 2.72. The molecule has 0 radical (unpaired) electrons. The van der Waals surface area contributed by atoms with Crippen LogP contribution in [0.1, 0.15) is 28.7 Å². The molecule has 0 atom stereocenters. The molecular formula is C13H12N4O2. The molecule has 2 aromatic rings. The van der Waals surface area contributed by atoms with Crippen LogP contribution in [0, 0.1) is 11.3 Å². The van der Waals surface area contributed by atoms with E-state index in [1.807, 2.05) is 13.0 Å². The number of benzene rings is 1. The average molecular weight is 256 g/mol. The molecular weight excluding hydrogens is 244 g/mol. The Morgan fingerprint density at radius 3 is 2.95 bits per heavy atom. The van der Waals surface area contributed by atoms with Gasteiger partial charge in [-0.2, -0.15) is 5.26 Å². The second-order valence-electron chi connectivity index (χ2n) is 3.80. The van der Waals surface area contributed by atoms with E-state index in [-0.39, 0.29) is 0 Å². The molecule has 0 aliphatic carbocycles. The molecule has 19 heavy (non-hydrogen) atoms. The van der Waals surface area contributed by atoms with E-state index in [1.165, 1.54) is 7.11 Å². The van der Waals surface area contributed by atoms with Crippen LogP contribution in [0.5, 0.6) is 0 Å². The Hall–Kier alpha value is -2.68. The number of nitriles is 1. The van der Waals surface area contributed by atoms with Gasteiger partial charge in [0, 0.05) is 0 Å². The van der Waals surface area contributed by atoms with Crippen molar-refractivity contribution in [3.8, 4) is 11.8 Å². The zero-order valence-electron chi connectivity index (χ0n) is 10.6. The average Bonchev–Trinajstić information content (AvgIpc) is 2.89. The molecule has 1 aromatic carbocycles. The lowest BCUT2D eigenvalue weighted by Gasteiger charge is -2.06. The molecule has 0 spiro atoms. The molecule has 0 aliphatic rings. The molecule has 6 heteroatoms. The second kappa shape index (κ2) is 5.31. The number of nitrogens with zero attached hydrogens (tertiary/aromatic N) is 4. The first kappa shape index (κ1) is 12.8. The van der Waals surface area contributed by atoms with Crippen LogP contribution < -0.4 is 0 Å². The maximum atomic E-state index is 11.5. The SMILES string of the molecule is CCc1c(C#N)nnn1-c1cccc(C(=O)OC)c1. The monoisotopic (exact) mass is 256 g/mol. The summed E-state index contributed by atoms with van der Waals surface area (Å²) in [5, 5.41) is 16.7. The molecule has 0 amide bonds. The highest BCUT2D eigenvalue weighted by Crippen LogP contribution is 2.15. The summed E-state index contributed by atoms with van der Waals surface area (Å²) in [5.74, 6) is -0.416. The Labute approximate surface area is 110 Å². The Balaban J connectivity index is 2.51. The predicted molar refractivity (Wildman–Crippen MR) is 66.8 cm³/mol. The van der Waals surface area contributed by atoms with Crippen molar-refractivity contribution in [3.63, 3.8) is 0 Å². The second-order valence-corrected chi connectivity index (χ2v) is 3.80. The van der Waals surface area contributed by atoms with E-state index in [0.717, 1.165) is 0 Å². The molecule has 96 valence electrons. The molecule has 1 heterocycles. The van der Waals surface area contributed by atoms with Crippen molar-refractivity contribution in [1.29, 1.82) is 5.26 Å². The summed E-state index contributed by atoms with van der Waals surface area (Å²) < 4.78 is 6.23. The minimum atomic E-state index is -0.416. The minimum absolute atomic E-state index is 0.297. The van der Waals surface area contributed by atoms with E-state index < -0.39 is 5.97 Å². The van der Waals surface area contributed by atoms with Crippen LogP contribution in [0.25, 0.3) is 5.69 Å². The lowest BCUT2D eigenvalue weighted by molar-refractivity contribution is 0.0600. The lowest BCUT2D eigenvalue weighted by Crippen LogP contribution is -2.06. The molecule has 0 saturated heterocycles. The molecule has 0 unspecified atom stereocenters. The predicted octanol–water partition coefficient (Wildman–Crippen LogP) is 1.49. The highest BCUT2D eigenvalue weighted by Gasteiger charge is 2.13. The zero-order chi connectivity index (χ0) is 13.8. The summed E-state index contributed by atoms with van der Waals surface area (Å²) >= 11 is 0. The smallest absolute Gasteiger partial charge is 0.337 e.